The van der Waals surface area contributed by atoms with Gasteiger partial charge in [-0.25, -0.2) is 0 Å². The van der Waals surface area contributed by atoms with Gasteiger partial charge in [-0.15, -0.1) is 0 Å². The molecule has 1 rings (SSSR count). The molecule has 4 heteroatoms. The van der Waals surface area contributed by atoms with Gasteiger partial charge in [0, 0.05) is 12.1 Å². The van der Waals surface area contributed by atoms with Crippen LogP contribution < -0.4 is 10.1 Å². The Morgan fingerprint density at radius 1 is 1.00 bits per heavy atom. The van der Waals surface area contributed by atoms with E-state index in [0.29, 0.717) is 0 Å². The van der Waals surface area contributed by atoms with Gasteiger partial charge in [0.2, 0.25) is 0 Å². The standard InChI is InChI=1S/C19H35NO2Si/c1-18(2,3)20-14-17(22-23(8,9)19(4,5)6)15-10-12-16(21-7)13-11-15/h10-13,17,20H,14H2,1-9H3/t17-/m0/s1. The first-order valence-corrected chi connectivity index (χ1v) is 11.3. The average Bonchev–Trinajstić information content (AvgIpc) is 2.41. The number of rotatable bonds is 6. The largest absolute Gasteiger partial charge is 0.497 e. The fraction of sp³-hybridized carbons (Fsp3) is 0.684. The van der Waals surface area contributed by atoms with Crippen molar-refractivity contribution in [1.29, 1.82) is 0 Å². The van der Waals surface area contributed by atoms with Crippen LogP contribution in [-0.2, 0) is 4.43 Å². The summed E-state index contributed by atoms with van der Waals surface area (Å²) < 4.78 is 12.0. The minimum Gasteiger partial charge on any atom is -0.497 e. The van der Waals surface area contributed by atoms with Crippen molar-refractivity contribution in [3.63, 3.8) is 0 Å². The summed E-state index contributed by atoms with van der Waals surface area (Å²) in [5.74, 6) is 0.878. The third-order valence-electron chi connectivity index (χ3n) is 4.55. The Bertz CT molecular complexity index is 484. The normalized spacial score (nSPS) is 14.7. The van der Waals surface area contributed by atoms with E-state index in [0.717, 1.165) is 12.3 Å². The molecule has 0 radical (unpaired) electrons. The molecule has 1 atom stereocenters. The van der Waals surface area contributed by atoms with Crippen LogP contribution in [0.5, 0.6) is 5.75 Å². The van der Waals surface area contributed by atoms with Crippen molar-refractivity contribution >= 4 is 8.32 Å². The van der Waals surface area contributed by atoms with E-state index < -0.39 is 8.32 Å². The molecule has 0 aliphatic rings. The fourth-order valence-electron chi connectivity index (χ4n) is 1.98. The predicted molar refractivity (Wildman–Crippen MR) is 102 cm³/mol. The summed E-state index contributed by atoms with van der Waals surface area (Å²) in [6.07, 6.45) is 0.0565. The second-order valence-electron chi connectivity index (χ2n) is 8.77. The van der Waals surface area contributed by atoms with Crippen molar-refractivity contribution < 1.29 is 9.16 Å². The minimum atomic E-state index is -1.84. The zero-order chi connectivity index (χ0) is 17.9. The molecule has 0 bridgehead atoms. The van der Waals surface area contributed by atoms with E-state index in [4.69, 9.17) is 9.16 Å². The van der Waals surface area contributed by atoms with Crippen LogP contribution >= 0.6 is 0 Å². The van der Waals surface area contributed by atoms with Crippen LogP contribution in [-0.4, -0.2) is 27.5 Å². The first kappa shape index (κ1) is 20.2. The number of hydrogen-bond acceptors (Lipinski definition) is 3. The Hall–Kier alpha value is -0.843. The van der Waals surface area contributed by atoms with Gasteiger partial charge < -0.3 is 14.5 Å². The molecular formula is C19H35NO2Si. The molecule has 0 spiro atoms. The quantitative estimate of drug-likeness (QED) is 0.729. The molecule has 0 amide bonds. The molecule has 0 heterocycles. The Kier molecular flexibility index (Phi) is 6.47. The van der Waals surface area contributed by atoms with Gasteiger partial charge in [-0.1, -0.05) is 32.9 Å². The van der Waals surface area contributed by atoms with Gasteiger partial charge in [0.05, 0.1) is 13.2 Å². The monoisotopic (exact) mass is 337 g/mol. The van der Waals surface area contributed by atoms with Crippen LogP contribution in [0.15, 0.2) is 24.3 Å². The van der Waals surface area contributed by atoms with Gasteiger partial charge in [-0.3, -0.25) is 0 Å². The molecular weight excluding hydrogens is 302 g/mol. The third-order valence-corrected chi connectivity index (χ3v) is 9.03. The van der Waals surface area contributed by atoms with E-state index in [9.17, 15) is 0 Å². The minimum absolute atomic E-state index is 0.0565. The Balaban J connectivity index is 3.01. The fourth-order valence-corrected chi connectivity index (χ4v) is 3.26. The number of benzene rings is 1. The molecule has 0 fully saturated rings. The summed E-state index contributed by atoms with van der Waals surface area (Å²) in [6.45, 7) is 18.8. The van der Waals surface area contributed by atoms with E-state index in [1.165, 1.54) is 5.56 Å². The van der Waals surface area contributed by atoms with Crippen LogP contribution in [0, 0.1) is 0 Å². The van der Waals surface area contributed by atoms with Gasteiger partial charge in [-0.2, -0.15) is 0 Å². The van der Waals surface area contributed by atoms with Gasteiger partial charge in [0.15, 0.2) is 8.32 Å². The maximum Gasteiger partial charge on any atom is 0.192 e. The summed E-state index contributed by atoms with van der Waals surface area (Å²) in [7, 11) is -0.146. The molecule has 0 aliphatic carbocycles. The molecule has 1 N–H and O–H groups in total. The second-order valence-corrected chi connectivity index (χ2v) is 13.5. The van der Waals surface area contributed by atoms with E-state index >= 15 is 0 Å². The Morgan fingerprint density at radius 2 is 1.52 bits per heavy atom. The molecule has 0 aliphatic heterocycles. The van der Waals surface area contributed by atoms with Crippen molar-refractivity contribution in [2.75, 3.05) is 13.7 Å². The first-order valence-electron chi connectivity index (χ1n) is 8.42. The van der Waals surface area contributed by atoms with E-state index in [-0.39, 0.29) is 16.7 Å². The number of nitrogens with one attached hydrogen (secondary N) is 1. The summed E-state index contributed by atoms with van der Waals surface area (Å²) in [5.41, 5.74) is 1.27. The number of ether oxygens (including phenoxy) is 1. The summed E-state index contributed by atoms with van der Waals surface area (Å²) in [4.78, 5) is 0. The van der Waals surface area contributed by atoms with E-state index in [1.54, 1.807) is 7.11 Å². The maximum atomic E-state index is 6.69. The molecule has 3 nitrogen and oxygen atoms in total. The van der Waals surface area contributed by atoms with Crippen LogP contribution in [0.25, 0.3) is 0 Å². The molecule has 0 saturated heterocycles. The summed E-state index contributed by atoms with van der Waals surface area (Å²) in [5, 5.41) is 3.78. The van der Waals surface area contributed by atoms with Crippen molar-refractivity contribution in [2.24, 2.45) is 0 Å². The Morgan fingerprint density at radius 3 is 1.91 bits per heavy atom. The lowest BCUT2D eigenvalue weighted by atomic mass is 10.1. The molecule has 0 unspecified atom stereocenters. The average molecular weight is 338 g/mol. The van der Waals surface area contributed by atoms with E-state index in [2.05, 4.69) is 72.1 Å². The van der Waals surface area contributed by atoms with Crippen molar-refractivity contribution in [3.05, 3.63) is 29.8 Å². The molecule has 132 valence electrons. The number of methoxy groups -OCH3 is 1. The van der Waals surface area contributed by atoms with E-state index in [1.807, 2.05) is 12.1 Å². The highest BCUT2D eigenvalue weighted by Gasteiger charge is 2.39. The van der Waals surface area contributed by atoms with Crippen molar-refractivity contribution in [3.8, 4) is 5.75 Å². The van der Waals surface area contributed by atoms with Crippen LogP contribution in [0.4, 0.5) is 0 Å². The van der Waals surface area contributed by atoms with Crippen molar-refractivity contribution in [2.45, 2.75) is 71.3 Å². The zero-order valence-corrected chi connectivity index (χ0v) is 17.4. The summed E-state index contributed by atoms with van der Waals surface area (Å²) >= 11 is 0. The van der Waals surface area contributed by atoms with Crippen LogP contribution in [0.2, 0.25) is 18.1 Å². The van der Waals surface area contributed by atoms with Crippen molar-refractivity contribution in [1.82, 2.24) is 5.32 Å². The van der Waals surface area contributed by atoms with Gasteiger partial charge >= 0.3 is 0 Å². The molecule has 23 heavy (non-hydrogen) atoms. The Labute approximate surface area is 143 Å². The van der Waals surface area contributed by atoms with Gasteiger partial charge in [-0.05, 0) is 56.6 Å². The molecule has 1 aromatic carbocycles. The summed E-state index contributed by atoms with van der Waals surface area (Å²) in [6, 6.07) is 8.24. The molecule has 0 aromatic heterocycles. The SMILES string of the molecule is COc1ccc([C@H](CNC(C)(C)C)O[Si](C)(C)C(C)(C)C)cc1. The highest BCUT2D eigenvalue weighted by molar-refractivity contribution is 6.74. The van der Waals surface area contributed by atoms with Gasteiger partial charge in [0.25, 0.3) is 0 Å². The van der Waals surface area contributed by atoms with Gasteiger partial charge in [0.1, 0.15) is 5.75 Å². The second kappa shape index (κ2) is 7.37. The lowest BCUT2D eigenvalue weighted by molar-refractivity contribution is 0.169. The predicted octanol–water partition coefficient (Wildman–Crippen LogP) is 5.15. The lowest BCUT2D eigenvalue weighted by Crippen LogP contribution is -2.45. The molecule has 1 aromatic rings. The first-order chi connectivity index (χ1) is 10.4. The number of hydrogen-bond donors (Lipinski definition) is 1. The highest BCUT2D eigenvalue weighted by Crippen LogP contribution is 2.39. The van der Waals surface area contributed by atoms with Crippen LogP contribution in [0.1, 0.15) is 53.2 Å². The topological polar surface area (TPSA) is 30.5 Å². The zero-order valence-electron chi connectivity index (χ0n) is 16.4. The lowest BCUT2D eigenvalue weighted by Gasteiger charge is -2.40. The maximum absolute atomic E-state index is 6.69. The molecule has 0 saturated carbocycles. The third kappa shape index (κ3) is 6.28. The highest BCUT2D eigenvalue weighted by atomic mass is 28.4. The van der Waals surface area contributed by atoms with Crippen LogP contribution in [0.3, 0.4) is 0 Å². The smallest absolute Gasteiger partial charge is 0.192 e.